The maximum Gasteiger partial charge on any atom is 0.163 e. The van der Waals surface area contributed by atoms with Gasteiger partial charge in [-0.3, -0.25) is 10.2 Å². The lowest BCUT2D eigenvalue weighted by atomic mass is 10.0. The van der Waals surface area contributed by atoms with Crippen molar-refractivity contribution in [2.75, 3.05) is 6.54 Å². The molecule has 0 radical (unpaired) electrons. The number of amidine groups is 1. The molecule has 0 fully saturated rings. The number of carbonyl (C=O) groups excluding carboxylic acids is 1. The Hall–Kier alpha value is -0.900. The third-order valence-corrected chi connectivity index (χ3v) is 1.94. The van der Waals surface area contributed by atoms with Crippen LogP contribution in [-0.2, 0) is 4.79 Å². The van der Waals surface area contributed by atoms with E-state index >= 15 is 0 Å². The highest BCUT2D eigenvalue weighted by atomic mass is 16.3. The summed E-state index contributed by atoms with van der Waals surface area (Å²) in [4.78, 5) is 11.3. The molecule has 4 heteroatoms. The Kier molecular flexibility index (Phi) is 6.12. The number of ketones is 1. The fourth-order valence-electron chi connectivity index (χ4n) is 1.10. The van der Waals surface area contributed by atoms with Crippen molar-refractivity contribution in [3.63, 3.8) is 0 Å². The quantitative estimate of drug-likeness (QED) is 0.339. The van der Waals surface area contributed by atoms with Crippen molar-refractivity contribution >= 4 is 11.6 Å². The standard InChI is InChI=1S/C10H20N2O2/c1-7(2)10(14)9(13)5-4-6-12-8(3)11/h7,9,13H,4-6H2,1-3H3,(H2,11,12). The van der Waals surface area contributed by atoms with Crippen LogP contribution in [0.25, 0.3) is 0 Å². The zero-order valence-electron chi connectivity index (χ0n) is 9.13. The van der Waals surface area contributed by atoms with E-state index in [2.05, 4.69) is 5.32 Å². The van der Waals surface area contributed by atoms with Crippen molar-refractivity contribution in [3.05, 3.63) is 0 Å². The van der Waals surface area contributed by atoms with Gasteiger partial charge in [-0.25, -0.2) is 0 Å². The summed E-state index contributed by atoms with van der Waals surface area (Å²) in [5, 5.41) is 19.3. The highest BCUT2D eigenvalue weighted by Crippen LogP contribution is 2.04. The van der Waals surface area contributed by atoms with Crippen LogP contribution in [0, 0.1) is 11.3 Å². The fourth-order valence-corrected chi connectivity index (χ4v) is 1.10. The number of rotatable bonds is 6. The van der Waals surface area contributed by atoms with Gasteiger partial charge in [0.25, 0.3) is 0 Å². The molecule has 0 rings (SSSR count). The number of hydrogen-bond donors (Lipinski definition) is 3. The van der Waals surface area contributed by atoms with E-state index in [9.17, 15) is 9.90 Å². The number of carbonyl (C=O) groups is 1. The average molecular weight is 200 g/mol. The van der Waals surface area contributed by atoms with Crippen LogP contribution in [0.5, 0.6) is 0 Å². The lowest BCUT2D eigenvalue weighted by Gasteiger charge is -2.11. The first-order chi connectivity index (χ1) is 6.45. The van der Waals surface area contributed by atoms with Gasteiger partial charge in [0.15, 0.2) is 5.78 Å². The Balaban J connectivity index is 3.59. The van der Waals surface area contributed by atoms with Gasteiger partial charge in [0.1, 0.15) is 6.10 Å². The van der Waals surface area contributed by atoms with Gasteiger partial charge < -0.3 is 10.4 Å². The highest BCUT2D eigenvalue weighted by molar-refractivity contribution is 5.84. The lowest BCUT2D eigenvalue weighted by Crippen LogP contribution is -2.27. The molecule has 0 aliphatic heterocycles. The Bertz CT molecular complexity index is 202. The van der Waals surface area contributed by atoms with Crippen molar-refractivity contribution in [2.24, 2.45) is 5.92 Å². The molecule has 0 aliphatic rings. The van der Waals surface area contributed by atoms with Crippen LogP contribution in [-0.4, -0.2) is 29.4 Å². The molecular formula is C10H20N2O2. The molecule has 82 valence electrons. The first-order valence-electron chi connectivity index (χ1n) is 4.96. The summed E-state index contributed by atoms with van der Waals surface area (Å²) in [5.74, 6) is 0.202. The number of aliphatic hydroxyl groups excluding tert-OH is 1. The van der Waals surface area contributed by atoms with Crippen LogP contribution >= 0.6 is 0 Å². The second-order valence-corrected chi connectivity index (χ2v) is 3.77. The molecule has 0 aromatic carbocycles. The Morgan fingerprint density at radius 2 is 2.07 bits per heavy atom. The molecule has 0 saturated heterocycles. The van der Waals surface area contributed by atoms with Crippen LogP contribution in [0.3, 0.4) is 0 Å². The molecule has 0 amide bonds. The molecule has 1 unspecified atom stereocenters. The molecule has 1 atom stereocenters. The van der Waals surface area contributed by atoms with Gasteiger partial charge >= 0.3 is 0 Å². The van der Waals surface area contributed by atoms with Crippen molar-refractivity contribution in [1.29, 1.82) is 5.41 Å². The number of hydrogen-bond acceptors (Lipinski definition) is 3. The van der Waals surface area contributed by atoms with Gasteiger partial charge in [0.2, 0.25) is 0 Å². The van der Waals surface area contributed by atoms with Crippen LogP contribution in [0.1, 0.15) is 33.6 Å². The topological polar surface area (TPSA) is 73.2 Å². The van der Waals surface area contributed by atoms with E-state index < -0.39 is 6.10 Å². The average Bonchev–Trinajstić information content (AvgIpc) is 2.10. The molecule has 0 aromatic rings. The van der Waals surface area contributed by atoms with E-state index in [4.69, 9.17) is 5.41 Å². The van der Waals surface area contributed by atoms with Gasteiger partial charge in [-0.15, -0.1) is 0 Å². The third-order valence-electron chi connectivity index (χ3n) is 1.94. The predicted molar refractivity (Wildman–Crippen MR) is 56.5 cm³/mol. The smallest absolute Gasteiger partial charge is 0.163 e. The van der Waals surface area contributed by atoms with E-state index in [-0.39, 0.29) is 11.7 Å². The monoisotopic (exact) mass is 200 g/mol. The van der Waals surface area contributed by atoms with E-state index in [0.29, 0.717) is 25.2 Å². The van der Waals surface area contributed by atoms with E-state index in [1.54, 1.807) is 20.8 Å². The summed E-state index contributed by atoms with van der Waals surface area (Å²) in [6.45, 7) is 5.87. The highest BCUT2D eigenvalue weighted by Gasteiger charge is 2.17. The number of Topliss-reactive ketones (excluding diaryl/α,β-unsaturated/α-hetero) is 1. The van der Waals surface area contributed by atoms with E-state index in [1.165, 1.54) is 0 Å². The maximum atomic E-state index is 11.3. The molecule has 0 bridgehead atoms. The SMILES string of the molecule is CC(=N)NCCCC(O)C(=O)C(C)C. The first kappa shape index (κ1) is 13.1. The van der Waals surface area contributed by atoms with Gasteiger partial charge in [-0.2, -0.15) is 0 Å². The molecule has 0 saturated carbocycles. The third kappa shape index (κ3) is 5.70. The van der Waals surface area contributed by atoms with Crippen LogP contribution < -0.4 is 5.32 Å². The fraction of sp³-hybridized carbons (Fsp3) is 0.800. The van der Waals surface area contributed by atoms with Gasteiger partial charge in [-0.1, -0.05) is 13.8 Å². The van der Waals surface area contributed by atoms with E-state index in [1.807, 2.05) is 0 Å². The summed E-state index contributed by atoms with van der Waals surface area (Å²) < 4.78 is 0. The minimum Gasteiger partial charge on any atom is -0.385 e. The molecule has 0 spiro atoms. The Morgan fingerprint density at radius 1 is 1.50 bits per heavy atom. The maximum absolute atomic E-state index is 11.3. The summed E-state index contributed by atoms with van der Waals surface area (Å²) in [6.07, 6.45) is 0.329. The minimum absolute atomic E-state index is 0.100. The molecule has 3 N–H and O–H groups in total. The lowest BCUT2D eigenvalue weighted by molar-refractivity contribution is -0.130. The zero-order chi connectivity index (χ0) is 11.1. The van der Waals surface area contributed by atoms with Gasteiger partial charge in [0, 0.05) is 12.5 Å². The number of nitrogens with one attached hydrogen (secondary N) is 2. The minimum atomic E-state index is -0.845. The van der Waals surface area contributed by atoms with Crippen LogP contribution in [0.2, 0.25) is 0 Å². The van der Waals surface area contributed by atoms with Crippen LogP contribution in [0.4, 0.5) is 0 Å². The van der Waals surface area contributed by atoms with E-state index in [0.717, 1.165) is 0 Å². The zero-order valence-corrected chi connectivity index (χ0v) is 9.13. The van der Waals surface area contributed by atoms with Gasteiger partial charge in [0.05, 0.1) is 5.84 Å². The van der Waals surface area contributed by atoms with Crippen LogP contribution in [0.15, 0.2) is 0 Å². The summed E-state index contributed by atoms with van der Waals surface area (Å²) in [6, 6.07) is 0. The summed E-state index contributed by atoms with van der Waals surface area (Å²) in [7, 11) is 0. The van der Waals surface area contributed by atoms with Crippen molar-refractivity contribution in [1.82, 2.24) is 5.32 Å². The molecule has 4 nitrogen and oxygen atoms in total. The molecule has 0 heterocycles. The van der Waals surface area contributed by atoms with Crippen molar-refractivity contribution < 1.29 is 9.90 Å². The molecule has 0 aliphatic carbocycles. The molecule has 14 heavy (non-hydrogen) atoms. The first-order valence-corrected chi connectivity index (χ1v) is 4.96. The van der Waals surface area contributed by atoms with Crippen molar-refractivity contribution in [3.8, 4) is 0 Å². The summed E-state index contributed by atoms with van der Waals surface area (Å²) >= 11 is 0. The summed E-state index contributed by atoms with van der Waals surface area (Å²) in [5.41, 5.74) is 0. The normalized spacial score (nSPS) is 12.6. The number of aliphatic hydroxyl groups is 1. The van der Waals surface area contributed by atoms with Crippen molar-refractivity contribution in [2.45, 2.75) is 39.7 Å². The Labute approximate surface area is 85.2 Å². The largest absolute Gasteiger partial charge is 0.385 e. The Morgan fingerprint density at radius 3 is 2.50 bits per heavy atom. The second kappa shape index (κ2) is 6.54. The second-order valence-electron chi connectivity index (χ2n) is 3.77. The predicted octanol–water partition coefficient (Wildman–Crippen LogP) is 0.939. The molecule has 0 aromatic heterocycles. The van der Waals surface area contributed by atoms with Gasteiger partial charge in [-0.05, 0) is 19.8 Å². The molecular weight excluding hydrogens is 180 g/mol.